The third kappa shape index (κ3) is 4.93. The minimum atomic E-state index is 0.0527. The summed E-state index contributed by atoms with van der Waals surface area (Å²) in [5.74, 6) is 1.40. The van der Waals surface area contributed by atoms with Gasteiger partial charge < -0.3 is 9.47 Å². The van der Waals surface area contributed by atoms with Gasteiger partial charge in [0.1, 0.15) is 6.61 Å². The lowest BCUT2D eigenvalue weighted by Gasteiger charge is -2.17. The zero-order valence-electron chi connectivity index (χ0n) is 17.8. The van der Waals surface area contributed by atoms with Crippen LogP contribution in [0.5, 0.6) is 11.5 Å². The van der Waals surface area contributed by atoms with Crippen LogP contribution >= 0.6 is 23.4 Å². The molecule has 0 saturated carbocycles. The molecule has 4 rings (SSSR count). The molecule has 0 N–H and O–H groups in total. The van der Waals surface area contributed by atoms with Crippen molar-refractivity contribution in [1.82, 2.24) is 0 Å². The summed E-state index contributed by atoms with van der Waals surface area (Å²) in [5.41, 5.74) is 3.62. The van der Waals surface area contributed by atoms with Gasteiger partial charge in [0, 0.05) is 21.0 Å². The molecule has 0 aromatic heterocycles. The molecule has 0 aliphatic carbocycles. The van der Waals surface area contributed by atoms with Gasteiger partial charge in [-0.3, -0.25) is 4.79 Å². The lowest BCUT2D eigenvalue weighted by atomic mass is 10.0. The molecule has 0 fully saturated rings. The van der Waals surface area contributed by atoms with Crippen LogP contribution in [0.4, 0.5) is 0 Å². The number of allylic oxidation sites excluding steroid dienone is 2. The van der Waals surface area contributed by atoms with E-state index in [1.54, 1.807) is 0 Å². The van der Waals surface area contributed by atoms with Gasteiger partial charge >= 0.3 is 0 Å². The molecule has 1 aliphatic rings. The Morgan fingerprint density at radius 1 is 1.06 bits per heavy atom. The second kappa shape index (κ2) is 10.1. The highest BCUT2D eigenvalue weighted by Crippen LogP contribution is 2.42. The van der Waals surface area contributed by atoms with Crippen molar-refractivity contribution in [1.29, 1.82) is 0 Å². The summed E-state index contributed by atoms with van der Waals surface area (Å²) in [4.78, 5) is 14.5. The smallest absolute Gasteiger partial charge is 0.200 e. The van der Waals surface area contributed by atoms with Crippen LogP contribution in [-0.2, 0) is 13.0 Å². The maximum absolute atomic E-state index is 12.8. The first-order valence-corrected chi connectivity index (χ1v) is 11.6. The minimum absolute atomic E-state index is 0.0527. The molecule has 3 aromatic carbocycles. The van der Waals surface area contributed by atoms with Crippen LogP contribution in [0.2, 0.25) is 5.02 Å². The number of ketones is 1. The molecular weight excluding hydrogens is 440 g/mol. The minimum Gasteiger partial charge on any atom is -0.490 e. The first-order valence-electron chi connectivity index (χ1n) is 10.4. The molecule has 0 amide bonds. The molecule has 0 saturated heterocycles. The quantitative estimate of drug-likeness (QED) is 0.258. The van der Waals surface area contributed by atoms with Crippen LogP contribution in [0.15, 0.2) is 83.1 Å². The van der Waals surface area contributed by atoms with Gasteiger partial charge in [0.15, 0.2) is 11.5 Å². The third-order valence-corrected chi connectivity index (χ3v) is 6.34. The molecular formula is C27H23ClO3S. The largest absolute Gasteiger partial charge is 0.490 e. The summed E-state index contributed by atoms with van der Waals surface area (Å²) in [6, 6.07) is 19.2. The predicted molar refractivity (Wildman–Crippen MR) is 132 cm³/mol. The normalized spacial score (nSPS) is 13.8. The second-order valence-electron chi connectivity index (χ2n) is 7.28. The standard InChI is InChI=1S/C27H23ClO3S/c1-3-7-20-14-19(16-25-26(29)22-8-5-6-9-24(22)32-25)15-23(30-4-2)27(20)31-17-18-10-12-21(28)13-11-18/h3,5-6,8-16H,1,4,7,17H2,2H3/b25-16+. The van der Waals surface area contributed by atoms with E-state index in [9.17, 15) is 4.79 Å². The Kier molecular flexibility index (Phi) is 7.03. The summed E-state index contributed by atoms with van der Waals surface area (Å²) in [6.07, 6.45) is 4.38. The van der Waals surface area contributed by atoms with Gasteiger partial charge in [0.2, 0.25) is 5.78 Å². The maximum Gasteiger partial charge on any atom is 0.200 e. The highest BCUT2D eigenvalue weighted by atomic mass is 35.5. The van der Waals surface area contributed by atoms with Crippen molar-refractivity contribution >= 4 is 35.2 Å². The number of halogens is 1. The van der Waals surface area contributed by atoms with E-state index in [1.807, 2.05) is 79.7 Å². The second-order valence-corrected chi connectivity index (χ2v) is 8.80. The van der Waals surface area contributed by atoms with Crippen LogP contribution in [0, 0.1) is 0 Å². The Morgan fingerprint density at radius 2 is 1.84 bits per heavy atom. The van der Waals surface area contributed by atoms with Crippen LogP contribution < -0.4 is 9.47 Å². The molecule has 0 atom stereocenters. The highest BCUT2D eigenvalue weighted by molar-refractivity contribution is 8.04. The zero-order valence-corrected chi connectivity index (χ0v) is 19.3. The molecule has 3 aromatic rings. The van der Waals surface area contributed by atoms with E-state index in [4.69, 9.17) is 21.1 Å². The number of hydrogen-bond donors (Lipinski definition) is 0. The fourth-order valence-electron chi connectivity index (χ4n) is 3.52. The van der Waals surface area contributed by atoms with Gasteiger partial charge in [-0.2, -0.15) is 0 Å². The molecule has 3 nitrogen and oxygen atoms in total. The van der Waals surface area contributed by atoms with E-state index >= 15 is 0 Å². The van der Waals surface area contributed by atoms with Crippen LogP contribution in [0.3, 0.4) is 0 Å². The number of fused-ring (bicyclic) bond motifs is 1. The Labute approximate surface area is 197 Å². The SMILES string of the molecule is C=CCc1cc(/C=C2/Sc3ccccc3C2=O)cc(OCC)c1OCc1ccc(Cl)cc1. The van der Waals surface area contributed by atoms with Crippen molar-refractivity contribution < 1.29 is 14.3 Å². The predicted octanol–water partition coefficient (Wildman–Crippen LogP) is 7.38. The van der Waals surface area contributed by atoms with Crippen LogP contribution in [-0.4, -0.2) is 12.4 Å². The lowest BCUT2D eigenvalue weighted by Crippen LogP contribution is -2.03. The van der Waals surface area contributed by atoms with Gasteiger partial charge in [-0.05, 0) is 66.9 Å². The summed E-state index contributed by atoms with van der Waals surface area (Å²) in [6.45, 7) is 6.73. The van der Waals surface area contributed by atoms with Crippen molar-refractivity contribution in [3.8, 4) is 11.5 Å². The zero-order chi connectivity index (χ0) is 22.5. The number of thioether (sulfide) groups is 1. The molecule has 32 heavy (non-hydrogen) atoms. The van der Waals surface area contributed by atoms with Crippen molar-refractivity contribution in [3.63, 3.8) is 0 Å². The van der Waals surface area contributed by atoms with Crippen molar-refractivity contribution in [2.45, 2.75) is 24.8 Å². The fraction of sp³-hybridized carbons (Fsp3) is 0.148. The average molecular weight is 463 g/mol. The topological polar surface area (TPSA) is 35.5 Å². The Bertz CT molecular complexity index is 1180. The average Bonchev–Trinajstić information content (AvgIpc) is 3.10. The van der Waals surface area contributed by atoms with Gasteiger partial charge in [-0.25, -0.2) is 0 Å². The number of hydrogen-bond acceptors (Lipinski definition) is 4. The molecule has 0 spiro atoms. The van der Waals surface area contributed by atoms with E-state index in [0.717, 1.165) is 27.1 Å². The Morgan fingerprint density at radius 3 is 2.56 bits per heavy atom. The van der Waals surface area contributed by atoms with Gasteiger partial charge in [-0.15, -0.1) is 6.58 Å². The molecule has 0 radical (unpaired) electrons. The lowest BCUT2D eigenvalue weighted by molar-refractivity contribution is 0.104. The number of carbonyl (C=O) groups is 1. The number of Topliss-reactive ketones (excluding diaryl/α,β-unsaturated/α-hetero) is 1. The van der Waals surface area contributed by atoms with E-state index < -0.39 is 0 Å². The highest BCUT2D eigenvalue weighted by Gasteiger charge is 2.25. The summed E-state index contributed by atoms with van der Waals surface area (Å²) in [5, 5.41) is 0.690. The Hall–Kier alpha value is -2.95. The number of rotatable bonds is 8. The number of benzene rings is 3. The molecule has 1 aliphatic heterocycles. The molecule has 162 valence electrons. The van der Waals surface area contributed by atoms with Crippen LogP contribution in [0.25, 0.3) is 6.08 Å². The summed E-state index contributed by atoms with van der Waals surface area (Å²) < 4.78 is 12.1. The molecule has 1 heterocycles. The Balaban J connectivity index is 1.67. The van der Waals surface area contributed by atoms with Crippen molar-refractivity contribution in [2.24, 2.45) is 0 Å². The monoisotopic (exact) mass is 462 g/mol. The van der Waals surface area contributed by atoms with Gasteiger partial charge in [-0.1, -0.05) is 53.7 Å². The molecule has 0 bridgehead atoms. The third-order valence-electron chi connectivity index (χ3n) is 4.99. The number of carbonyl (C=O) groups excluding carboxylic acids is 1. The number of ether oxygens (including phenoxy) is 2. The van der Waals surface area contributed by atoms with Gasteiger partial charge in [0.05, 0.1) is 11.5 Å². The van der Waals surface area contributed by atoms with E-state index in [-0.39, 0.29) is 5.78 Å². The fourth-order valence-corrected chi connectivity index (χ4v) is 4.70. The van der Waals surface area contributed by atoms with Crippen molar-refractivity contribution in [2.75, 3.05) is 6.61 Å². The summed E-state index contributed by atoms with van der Waals surface area (Å²) >= 11 is 7.48. The maximum atomic E-state index is 12.8. The van der Waals surface area contributed by atoms with E-state index in [0.29, 0.717) is 41.1 Å². The molecule has 5 heteroatoms. The van der Waals surface area contributed by atoms with E-state index in [1.165, 1.54) is 11.8 Å². The first kappa shape index (κ1) is 22.3. The van der Waals surface area contributed by atoms with Crippen molar-refractivity contribution in [3.05, 3.63) is 106 Å². The van der Waals surface area contributed by atoms with Gasteiger partial charge in [0.25, 0.3) is 0 Å². The summed E-state index contributed by atoms with van der Waals surface area (Å²) in [7, 11) is 0. The first-order chi connectivity index (χ1) is 15.6. The molecule has 0 unspecified atom stereocenters. The van der Waals surface area contributed by atoms with Crippen LogP contribution in [0.1, 0.15) is 34.0 Å². The van der Waals surface area contributed by atoms with E-state index in [2.05, 4.69) is 6.58 Å².